The summed E-state index contributed by atoms with van der Waals surface area (Å²) in [6.45, 7) is 0. The summed E-state index contributed by atoms with van der Waals surface area (Å²) < 4.78 is 6.96. The molecular formula is C12H8BrIN2O2. The number of rotatable bonds is 3. The molecule has 0 spiro atoms. The van der Waals surface area contributed by atoms with Crippen LogP contribution in [0.25, 0.3) is 0 Å². The van der Waals surface area contributed by atoms with E-state index in [1.54, 1.807) is 30.3 Å². The Bertz CT molecular complexity index is 578. The van der Waals surface area contributed by atoms with E-state index in [1.807, 2.05) is 6.07 Å². The van der Waals surface area contributed by atoms with Crippen molar-refractivity contribution in [3.05, 3.63) is 56.0 Å². The van der Waals surface area contributed by atoms with Gasteiger partial charge in [-0.3, -0.25) is 4.79 Å². The van der Waals surface area contributed by atoms with Crippen LogP contribution < -0.4 is 5.43 Å². The van der Waals surface area contributed by atoms with Crippen molar-refractivity contribution >= 4 is 50.6 Å². The Hall–Kier alpha value is -1.15. The zero-order valence-corrected chi connectivity index (χ0v) is 12.8. The van der Waals surface area contributed by atoms with Crippen molar-refractivity contribution in [2.24, 2.45) is 5.10 Å². The minimum Gasteiger partial charge on any atom is -0.449 e. The molecule has 0 radical (unpaired) electrons. The molecule has 0 aliphatic rings. The lowest BCUT2D eigenvalue weighted by atomic mass is 10.2. The molecule has 1 amide bonds. The molecule has 0 unspecified atom stereocenters. The Balaban J connectivity index is 1.96. The van der Waals surface area contributed by atoms with E-state index < -0.39 is 0 Å². The lowest BCUT2D eigenvalue weighted by molar-refractivity contribution is 0.0955. The van der Waals surface area contributed by atoms with Crippen LogP contribution in [-0.4, -0.2) is 12.1 Å². The minimum absolute atomic E-state index is 0.264. The second kappa shape index (κ2) is 6.14. The van der Waals surface area contributed by atoms with Crippen LogP contribution in [0.4, 0.5) is 0 Å². The van der Waals surface area contributed by atoms with E-state index in [0.717, 1.165) is 8.24 Å². The predicted molar refractivity (Wildman–Crippen MR) is 80.6 cm³/mol. The third kappa shape index (κ3) is 3.67. The first-order valence-corrected chi connectivity index (χ1v) is 6.86. The summed E-state index contributed by atoms with van der Waals surface area (Å²) in [7, 11) is 0. The minimum atomic E-state index is -0.264. The molecule has 0 atom stereocenters. The van der Waals surface area contributed by atoms with Gasteiger partial charge >= 0.3 is 0 Å². The highest BCUT2D eigenvalue weighted by molar-refractivity contribution is 14.1. The Morgan fingerprint density at radius 2 is 2.00 bits per heavy atom. The van der Waals surface area contributed by atoms with E-state index in [2.05, 4.69) is 49.0 Å². The van der Waals surface area contributed by atoms with Crippen LogP contribution in [-0.2, 0) is 0 Å². The average Bonchev–Trinajstić information content (AvgIpc) is 2.76. The van der Waals surface area contributed by atoms with Crippen molar-refractivity contribution < 1.29 is 9.21 Å². The van der Waals surface area contributed by atoms with Gasteiger partial charge in [-0.15, -0.1) is 0 Å². The number of halogens is 2. The van der Waals surface area contributed by atoms with Crippen molar-refractivity contribution in [2.45, 2.75) is 0 Å². The molecule has 6 heteroatoms. The van der Waals surface area contributed by atoms with Gasteiger partial charge in [0, 0.05) is 10.0 Å². The Morgan fingerprint density at radius 3 is 2.61 bits per heavy atom. The summed E-state index contributed by atoms with van der Waals surface area (Å²) in [6.07, 6.45) is 1.46. The van der Waals surface area contributed by atoms with Gasteiger partial charge in [0.25, 0.3) is 5.91 Å². The summed E-state index contributed by atoms with van der Waals surface area (Å²) in [4.78, 5) is 11.7. The predicted octanol–water partition coefficient (Wildman–Crippen LogP) is 3.41. The van der Waals surface area contributed by atoms with Gasteiger partial charge in [-0.25, -0.2) is 5.43 Å². The lowest BCUT2D eigenvalue weighted by Crippen LogP contribution is -2.17. The van der Waals surface area contributed by atoms with E-state index in [9.17, 15) is 4.79 Å². The van der Waals surface area contributed by atoms with Crippen LogP contribution in [0, 0.1) is 3.77 Å². The van der Waals surface area contributed by atoms with Crippen molar-refractivity contribution in [3.63, 3.8) is 0 Å². The van der Waals surface area contributed by atoms with Crippen molar-refractivity contribution in [3.8, 4) is 0 Å². The second-order valence-electron chi connectivity index (χ2n) is 3.35. The fraction of sp³-hybridized carbons (Fsp3) is 0. The number of furan rings is 1. The highest BCUT2D eigenvalue weighted by Crippen LogP contribution is 2.10. The fourth-order valence-electron chi connectivity index (χ4n) is 1.22. The first-order valence-electron chi connectivity index (χ1n) is 4.99. The summed E-state index contributed by atoms with van der Waals surface area (Å²) in [5, 5.41) is 3.82. The summed E-state index contributed by atoms with van der Waals surface area (Å²) in [6, 6.07) is 10.6. The SMILES string of the molecule is O=C(NN=Cc1ccc(I)o1)c1ccc(Br)cc1. The number of carbonyl (C=O) groups is 1. The van der Waals surface area contributed by atoms with E-state index in [0.29, 0.717) is 11.3 Å². The summed E-state index contributed by atoms with van der Waals surface area (Å²) in [5.74, 6) is 0.329. The number of hydrazone groups is 1. The van der Waals surface area contributed by atoms with Gasteiger partial charge < -0.3 is 4.42 Å². The standard InChI is InChI=1S/C12H8BrIN2O2/c13-9-3-1-8(2-4-9)12(17)16-15-7-10-5-6-11(14)18-10/h1-7H,(H,16,17). The van der Waals surface area contributed by atoms with Gasteiger partial charge in [-0.2, -0.15) is 5.10 Å². The summed E-state index contributed by atoms with van der Waals surface area (Å²) >= 11 is 5.36. The fourth-order valence-corrected chi connectivity index (χ4v) is 1.92. The number of hydrogen-bond donors (Lipinski definition) is 1. The van der Waals surface area contributed by atoms with Crippen molar-refractivity contribution in [2.75, 3.05) is 0 Å². The molecule has 0 saturated heterocycles. The lowest BCUT2D eigenvalue weighted by Gasteiger charge is -1.99. The molecule has 1 heterocycles. The van der Waals surface area contributed by atoms with Gasteiger partial charge in [0.05, 0.1) is 6.21 Å². The zero-order chi connectivity index (χ0) is 13.0. The molecule has 0 bridgehead atoms. The maximum atomic E-state index is 11.7. The highest BCUT2D eigenvalue weighted by atomic mass is 127. The summed E-state index contributed by atoms with van der Waals surface area (Å²) in [5.41, 5.74) is 2.97. The number of nitrogens with zero attached hydrogens (tertiary/aromatic N) is 1. The highest BCUT2D eigenvalue weighted by Gasteiger charge is 2.03. The molecule has 0 fully saturated rings. The molecule has 0 saturated carbocycles. The number of nitrogens with one attached hydrogen (secondary N) is 1. The third-order valence-electron chi connectivity index (χ3n) is 2.06. The third-order valence-corrected chi connectivity index (χ3v) is 3.17. The number of hydrogen-bond acceptors (Lipinski definition) is 3. The van der Waals surface area contributed by atoms with Crippen LogP contribution >= 0.6 is 38.5 Å². The molecule has 1 aromatic heterocycles. The topological polar surface area (TPSA) is 54.6 Å². The number of benzene rings is 1. The van der Waals surface area contributed by atoms with Gasteiger partial charge in [0.2, 0.25) is 0 Å². The molecular weight excluding hydrogens is 411 g/mol. The largest absolute Gasteiger partial charge is 0.449 e. The molecule has 1 N–H and O–H groups in total. The van der Waals surface area contributed by atoms with Crippen molar-refractivity contribution in [1.82, 2.24) is 5.43 Å². The first kappa shape index (κ1) is 13.3. The van der Waals surface area contributed by atoms with Crippen LogP contribution in [0.5, 0.6) is 0 Å². The van der Waals surface area contributed by atoms with Gasteiger partial charge in [0.1, 0.15) is 5.76 Å². The molecule has 2 rings (SSSR count). The van der Waals surface area contributed by atoms with Gasteiger partial charge in [-0.1, -0.05) is 15.9 Å². The Kier molecular flexibility index (Phi) is 4.54. The zero-order valence-electron chi connectivity index (χ0n) is 9.06. The number of amides is 1. The molecule has 18 heavy (non-hydrogen) atoms. The van der Waals surface area contributed by atoms with Gasteiger partial charge in [-0.05, 0) is 59.0 Å². The number of carbonyl (C=O) groups excluding carboxylic acids is 1. The van der Waals surface area contributed by atoms with E-state index >= 15 is 0 Å². The maximum Gasteiger partial charge on any atom is 0.271 e. The maximum absolute atomic E-state index is 11.7. The quantitative estimate of drug-likeness (QED) is 0.471. The normalized spacial score (nSPS) is 10.8. The van der Waals surface area contributed by atoms with Crippen LogP contribution in [0.15, 0.2) is 50.4 Å². The van der Waals surface area contributed by atoms with Crippen molar-refractivity contribution in [1.29, 1.82) is 0 Å². The van der Waals surface area contributed by atoms with E-state index in [4.69, 9.17) is 4.42 Å². The second-order valence-corrected chi connectivity index (χ2v) is 5.33. The molecule has 0 aliphatic carbocycles. The van der Waals surface area contributed by atoms with Crippen LogP contribution in [0.3, 0.4) is 0 Å². The molecule has 4 nitrogen and oxygen atoms in total. The molecule has 92 valence electrons. The Labute approximate surface area is 126 Å². The van der Waals surface area contributed by atoms with E-state index in [-0.39, 0.29) is 5.91 Å². The van der Waals surface area contributed by atoms with Crippen LogP contribution in [0.2, 0.25) is 0 Å². The monoisotopic (exact) mass is 418 g/mol. The van der Waals surface area contributed by atoms with E-state index in [1.165, 1.54) is 6.21 Å². The van der Waals surface area contributed by atoms with Crippen LogP contribution in [0.1, 0.15) is 16.1 Å². The Morgan fingerprint density at radius 1 is 1.28 bits per heavy atom. The molecule has 0 aliphatic heterocycles. The molecule has 2 aromatic rings. The average molecular weight is 419 g/mol. The molecule has 1 aromatic carbocycles. The smallest absolute Gasteiger partial charge is 0.271 e. The van der Waals surface area contributed by atoms with Gasteiger partial charge in [0.15, 0.2) is 3.77 Å². The first-order chi connectivity index (χ1) is 8.65.